The summed E-state index contributed by atoms with van der Waals surface area (Å²) in [6.45, 7) is 0. The highest BCUT2D eigenvalue weighted by Gasteiger charge is 2.24. The van der Waals surface area contributed by atoms with Crippen LogP contribution >= 0.6 is 11.3 Å². The van der Waals surface area contributed by atoms with Crippen molar-refractivity contribution in [1.29, 1.82) is 0 Å². The maximum Gasteiger partial charge on any atom is 0.165 e. The summed E-state index contributed by atoms with van der Waals surface area (Å²) in [6.07, 6.45) is 0. The Morgan fingerprint density at radius 2 is 0.794 bits per heavy atom. The summed E-state index contributed by atoms with van der Waals surface area (Å²) in [7, 11) is 0. The van der Waals surface area contributed by atoms with Crippen LogP contribution in [0.4, 0.5) is 0 Å². The average Bonchev–Trinajstić information content (AvgIpc) is 4.01. The first-order valence-electron chi connectivity index (χ1n) is 21.4. The Morgan fingerprint density at radius 1 is 0.317 bits per heavy atom. The minimum absolute atomic E-state index is 0.813. The normalized spacial score (nSPS) is 12.1. The molecule has 14 aromatic rings. The quantitative estimate of drug-likeness (QED) is 0.166. The number of aromatic nitrogens is 4. The molecule has 0 fully saturated rings. The van der Waals surface area contributed by atoms with Crippen molar-refractivity contribution in [3.05, 3.63) is 206 Å². The lowest BCUT2D eigenvalue weighted by molar-refractivity contribution is 1.08. The Kier molecular flexibility index (Phi) is 7.24. The third kappa shape index (κ3) is 4.91. The second kappa shape index (κ2) is 13.2. The van der Waals surface area contributed by atoms with E-state index in [1.807, 2.05) is 11.3 Å². The minimum Gasteiger partial charge on any atom is -0.308 e. The van der Waals surface area contributed by atoms with E-state index >= 15 is 0 Å². The van der Waals surface area contributed by atoms with Gasteiger partial charge in [-0.1, -0.05) is 176 Å². The van der Waals surface area contributed by atoms with Crippen LogP contribution < -0.4 is 0 Å². The lowest BCUT2D eigenvalue weighted by atomic mass is 9.99. The zero-order valence-corrected chi connectivity index (χ0v) is 34.6. The van der Waals surface area contributed by atoms with Gasteiger partial charge in [0.1, 0.15) is 5.69 Å². The molecule has 14 rings (SSSR count). The Balaban J connectivity index is 1.10. The Labute approximate surface area is 365 Å². The van der Waals surface area contributed by atoms with Gasteiger partial charge in [-0.2, -0.15) is 0 Å². The second-order valence-corrected chi connectivity index (χ2v) is 17.5. The van der Waals surface area contributed by atoms with Crippen molar-refractivity contribution in [2.75, 3.05) is 0 Å². The number of hydrogen-bond donors (Lipinski definition) is 0. The van der Waals surface area contributed by atoms with Crippen LogP contribution in [0.15, 0.2) is 206 Å². The molecule has 0 saturated heterocycles. The van der Waals surface area contributed by atoms with E-state index in [0.717, 1.165) is 49.9 Å². The van der Waals surface area contributed by atoms with Gasteiger partial charge in [0.05, 0.1) is 43.5 Å². The van der Waals surface area contributed by atoms with E-state index in [1.165, 1.54) is 80.3 Å². The SMILES string of the molecule is c1ccc(-c2nc3c4ccccc4c4ccccc4c3nc2-n2c3ccccc3c3cc4c(cc32)c2ccccc2n4-c2cccc3c2sc2c(-c4ccccc4)cccc23)cc1. The molecular formula is C58H34N4S. The maximum absolute atomic E-state index is 5.75. The number of thiophene rings is 1. The van der Waals surface area contributed by atoms with Gasteiger partial charge in [0.25, 0.3) is 0 Å². The highest BCUT2D eigenvalue weighted by Crippen LogP contribution is 2.46. The number of rotatable bonds is 4. The molecule has 0 atom stereocenters. The molecule has 0 saturated carbocycles. The second-order valence-electron chi connectivity index (χ2n) is 16.4. The van der Waals surface area contributed by atoms with Crippen LogP contribution in [-0.2, 0) is 0 Å². The zero-order chi connectivity index (χ0) is 41.2. The van der Waals surface area contributed by atoms with Gasteiger partial charge in [0.2, 0.25) is 0 Å². The molecule has 10 aromatic carbocycles. The van der Waals surface area contributed by atoms with Crippen LogP contribution in [0.1, 0.15) is 0 Å². The highest BCUT2D eigenvalue weighted by molar-refractivity contribution is 7.26. The van der Waals surface area contributed by atoms with Gasteiger partial charge in [0.15, 0.2) is 5.82 Å². The molecule has 0 unspecified atom stereocenters. The molecule has 0 aliphatic heterocycles. The number of para-hydroxylation sites is 2. The fourth-order valence-corrected chi connectivity index (χ4v) is 11.7. The van der Waals surface area contributed by atoms with E-state index in [2.05, 4.69) is 215 Å². The number of nitrogens with zero attached hydrogens (tertiary/aromatic N) is 4. The molecule has 0 amide bonds. The molecule has 0 radical (unpaired) electrons. The summed E-state index contributed by atoms with van der Waals surface area (Å²) in [5.74, 6) is 0.813. The third-order valence-electron chi connectivity index (χ3n) is 13.1. The molecular weight excluding hydrogens is 785 g/mol. The van der Waals surface area contributed by atoms with Gasteiger partial charge >= 0.3 is 0 Å². The molecule has 0 spiro atoms. The van der Waals surface area contributed by atoms with Gasteiger partial charge in [-0.25, -0.2) is 9.97 Å². The molecule has 4 heterocycles. The number of hydrogen-bond acceptors (Lipinski definition) is 3. The molecule has 4 aromatic heterocycles. The summed E-state index contributed by atoms with van der Waals surface area (Å²) < 4.78 is 7.45. The number of fused-ring (bicyclic) bond motifs is 15. The summed E-state index contributed by atoms with van der Waals surface area (Å²) in [5.41, 5.74) is 11.9. The van der Waals surface area contributed by atoms with E-state index in [4.69, 9.17) is 9.97 Å². The Hall–Kier alpha value is -8.12. The predicted octanol–water partition coefficient (Wildman–Crippen LogP) is 15.8. The fraction of sp³-hybridized carbons (Fsp3) is 0. The predicted molar refractivity (Wildman–Crippen MR) is 267 cm³/mol. The van der Waals surface area contributed by atoms with E-state index in [9.17, 15) is 0 Å². The first kappa shape index (κ1) is 34.6. The van der Waals surface area contributed by atoms with Crippen molar-refractivity contribution >= 4 is 108 Å². The van der Waals surface area contributed by atoms with Crippen molar-refractivity contribution in [1.82, 2.24) is 19.1 Å². The van der Waals surface area contributed by atoms with E-state index in [1.54, 1.807) is 0 Å². The van der Waals surface area contributed by atoms with Crippen LogP contribution in [0.25, 0.3) is 130 Å². The number of benzene rings is 10. The fourth-order valence-electron chi connectivity index (χ4n) is 10.3. The van der Waals surface area contributed by atoms with Gasteiger partial charge in [-0.15, -0.1) is 11.3 Å². The highest BCUT2D eigenvalue weighted by atomic mass is 32.1. The lowest BCUT2D eigenvalue weighted by Crippen LogP contribution is -2.04. The molecule has 5 heteroatoms. The smallest absolute Gasteiger partial charge is 0.165 e. The lowest BCUT2D eigenvalue weighted by Gasteiger charge is -2.16. The van der Waals surface area contributed by atoms with Gasteiger partial charge in [0, 0.05) is 53.4 Å². The minimum atomic E-state index is 0.813. The van der Waals surface area contributed by atoms with Crippen molar-refractivity contribution in [3.63, 3.8) is 0 Å². The topological polar surface area (TPSA) is 35.6 Å². The van der Waals surface area contributed by atoms with E-state index < -0.39 is 0 Å². The average molecular weight is 819 g/mol. The maximum atomic E-state index is 5.75. The summed E-state index contributed by atoms with van der Waals surface area (Å²) >= 11 is 1.89. The Morgan fingerprint density at radius 3 is 1.44 bits per heavy atom. The van der Waals surface area contributed by atoms with Crippen LogP contribution in [0.5, 0.6) is 0 Å². The van der Waals surface area contributed by atoms with Crippen LogP contribution in [0.2, 0.25) is 0 Å². The first-order valence-corrected chi connectivity index (χ1v) is 22.2. The van der Waals surface area contributed by atoms with Crippen LogP contribution in [-0.4, -0.2) is 19.1 Å². The van der Waals surface area contributed by atoms with Crippen molar-refractivity contribution in [3.8, 4) is 33.9 Å². The van der Waals surface area contributed by atoms with Crippen LogP contribution in [0.3, 0.4) is 0 Å². The molecule has 0 bridgehead atoms. The molecule has 0 aliphatic rings. The third-order valence-corrected chi connectivity index (χ3v) is 14.4. The van der Waals surface area contributed by atoms with E-state index in [0.29, 0.717) is 0 Å². The summed E-state index contributed by atoms with van der Waals surface area (Å²) in [6, 6.07) is 74.5. The van der Waals surface area contributed by atoms with E-state index in [-0.39, 0.29) is 0 Å². The van der Waals surface area contributed by atoms with Gasteiger partial charge in [-0.05, 0) is 52.2 Å². The van der Waals surface area contributed by atoms with Gasteiger partial charge < -0.3 is 4.57 Å². The largest absolute Gasteiger partial charge is 0.308 e. The monoisotopic (exact) mass is 818 g/mol. The molecule has 0 aliphatic carbocycles. The first-order chi connectivity index (χ1) is 31.3. The molecule has 292 valence electrons. The van der Waals surface area contributed by atoms with Crippen molar-refractivity contribution in [2.45, 2.75) is 0 Å². The Bertz CT molecular complexity index is 4200. The molecule has 63 heavy (non-hydrogen) atoms. The van der Waals surface area contributed by atoms with Gasteiger partial charge in [-0.3, -0.25) is 4.57 Å². The van der Waals surface area contributed by atoms with Crippen molar-refractivity contribution < 1.29 is 0 Å². The summed E-state index contributed by atoms with van der Waals surface area (Å²) in [4.78, 5) is 11.4. The standard InChI is InChI=1S/C58H34N4S/c1-3-17-35(18-4-1)37-27-15-28-44-45-29-16-32-50(57(45)63-56(37)44)61-48-30-13-11-23-40(48)46-34-52-47(33-51(46)61)41-24-12-14-31-49(41)62(52)58-53(36-19-5-2-6-20-36)59-54-42-25-9-7-21-38(42)39-22-8-10-26-43(39)55(54)60-58/h1-34H. The molecule has 4 nitrogen and oxygen atoms in total. The summed E-state index contributed by atoms with van der Waals surface area (Å²) in [5, 5.41) is 11.9. The zero-order valence-electron chi connectivity index (χ0n) is 33.8. The molecule has 0 N–H and O–H groups in total. The van der Waals surface area contributed by atoms with Crippen molar-refractivity contribution in [2.24, 2.45) is 0 Å². The van der Waals surface area contributed by atoms with Crippen LogP contribution in [0, 0.1) is 0 Å².